The Morgan fingerprint density at radius 1 is 1.29 bits per heavy atom. The molecule has 0 amide bonds. The first-order valence-electron chi connectivity index (χ1n) is 9.21. The molecule has 2 rings (SSSR count). The van der Waals surface area contributed by atoms with Crippen LogP contribution in [0.4, 0.5) is 0 Å². The van der Waals surface area contributed by atoms with Gasteiger partial charge in [0.25, 0.3) is 0 Å². The summed E-state index contributed by atoms with van der Waals surface area (Å²) in [5.74, 6) is 1.37. The van der Waals surface area contributed by atoms with E-state index < -0.39 is 0 Å². The Hall–Kier alpha value is -1.52. The predicted molar refractivity (Wildman–Crippen MR) is 103 cm³/mol. The van der Waals surface area contributed by atoms with E-state index in [1.807, 2.05) is 0 Å². The van der Waals surface area contributed by atoms with Gasteiger partial charge in [-0.05, 0) is 43.6 Å². The van der Waals surface area contributed by atoms with Gasteiger partial charge in [-0.25, -0.2) is 0 Å². The van der Waals surface area contributed by atoms with Crippen LogP contribution in [0.5, 0.6) is 0 Å². The lowest BCUT2D eigenvalue weighted by atomic mass is 9.73. The van der Waals surface area contributed by atoms with Gasteiger partial charge in [-0.15, -0.1) is 0 Å². The lowest BCUT2D eigenvalue weighted by Gasteiger charge is -2.35. The summed E-state index contributed by atoms with van der Waals surface area (Å²) >= 11 is 0. The molecule has 0 bridgehead atoms. The van der Waals surface area contributed by atoms with Gasteiger partial charge in [0.1, 0.15) is 0 Å². The number of nitrogens with two attached hydrogens (primary N) is 3. The van der Waals surface area contributed by atoms with Crippen molar-refractivity contribution >= 4 is 0 Å². The maximum absolute atomic E-state index is 6.02. The zero-order valence-corrected chi connectivity index (χ0v) is 15.4. The fraction of sp³-hybridized carbons (Fsp3) is 0.600. The molecule has 4 heteroatoms. The molecule has 0 fully saturated rings. The molecule has 4 atom stereocenters. The summed E-state index contributed by atoms with van der Waals surface area (Å²) in [4.78, 5) is 0. The maximum Gasteiger partial charge on any atom is 0.0378 e. The molecule has 0 aromatic carbocycles. The number of hydrogen-bond acceptors (Lipinski definition) is 4. The van der Waals surface area contributed by atoms with Gasteiger partial charge in [0, 0.05) is 36.4 Å². The highest BCUT2D eigenvalue weighted by molar-refractivity contribution is 5.33. The Bertz CT molecular complexity index is 552. The van der Waals surface area contributed by atoms with Crippen LogP contribution in [0.25, 0.3) is 0 Å². The number of allylic oxidation sites excluding steroid dienone is 5. The molecule has 0 aliphatic heterocycles. The number of rotatable bonds is 6. The van der Waals surface area contributed by atoms with Crippen molar-refractivity contribution < 1.29 is 0 Å². The van der Waals surface area contributed by atoms with Crippen molar-refractivity contribution in [2.45, 2.75) is 46.1 Å². The highest BCUT2D eigenvalue weighted by Crippen LogP contribution is 2.39. The number of hydrogen-bond donors (Lipinski definition) is 4. The standard InChI is InChI=1S/C20H34N4/c1-4-18(12-22)24-20-11-17(10-15(7-8-21)14(20)3)16-5-6-19(23)13(2)9-16/h6-7,9,11,14,16-18,24H,4-5,8,10,12,21-23H2,1-3H3/b15-7-. The molecule has 24 heavy (non-hydrogen) atoms. The Morgan fingerprint density at radius 3 is 2.62 bits per heavy atom. The molecule has 0 spiro atoms. The largest absolute Gasteiger partial charge is 0.399 e. The van der Waals surface area contributed by atoms with Crippen molar-refractivity contribution in [3.8, 4) is 0 Å². The second kappa shape index (κ2) is 8.54. The van der Waals surface area contributed by atoms with Gasteiger partial charge in [-0.1, -0.05) is 43.7 Å². The van der Waals surface area contributed by atoms with Crippen LogP contribution >= 0.6 is 0 Å². The normalized spacial score (nSPS) is 30.5. The fourth-order valence-corrected chi connectivity index (χ4v) is 3.71. The van der Waals surface area contributed by atoms with Crippen molar-refractivity contribution in [3.63, 3.8) is 0 Å². The summed E-state index contributed by atoms with van der Waals surface area (Å²) in [6.45, 7) is 7.79. The minimum atomic E-state index is 0.329. The quantitative estimate of drug-likeness (QED) is 0.563. The van der Waals surface area contributed by atoms with Crippen molar-refractivity contribution in [3.05, 3.63) is 46.8 Å². The summed E-state index contributed by atoms with van der Waals surface area (Å²) in [5.41, 5.74) is 22.6. The third-order valence-electron chi connectivity index (χ3n) is 5.50. The van der Waals surface area contributed by atoms with E-state index in [4.69, 9.17) is 17.2 Å². The molecule has 0 heterocycles. The lowest BCUT2D eigenvalue weighted by molar-refractivity contribution is 0.413. The molecular formula is C20H34N4. The second-order valence-electron chi connectivity index (χ2n) is 7.12. The van der Waals surface area contributed by atoms with Crippen molar-refractivity contribution in [2.75, 3.05) is 13.1 Å². The van der Waals surface area contributed by atoms with Crippen molar-refractivity contribution in [1.82, 2.24) is 5.32 Å². The van der Waals surface area contributed by atoms with Crippen LogP contribution in [0.2, 0.25) is 0 Å². The summed E-state index contributed by atoms with van der Waals surface area (Å²) < 4.78 is 0. The van der Waals surface area contributed by atoms with E-state index in [1.165, 1.54) is 16.8 Å². The Balaban J connectivity index is 2.26. The van der Waals surface area contributed by atoms with Gasteiger partial charge in [0.15, 0.2) is 0 Å². The lowest BCUT2D eigenvalue weighted by Crippen LogP contribution is -2.39. The van der Waals surface area contributed by atoms with Gasteiger partial charge in [0.05, 0.1) is 0 Å². The first-order valence-corrected chi connectivity index (χ1v) is 9.21. The third-order valence-corrected chi connectivity index (χ3v) is 5.50. The first kappa shape index (κ1) is 18.8. The predicted octanol–water partition coefficient (Wildman–Crippen LogP) is 2.55. The Morgan fingerprint density at radius 2 is 2.04 bits per heavy atom. The topological polar surface area (TPSA) is 90.1 Å². The van der Waals surface area contributed by atoms with Gasteiger partial charge in [0.2, 0.25) is 0 Å². The molecule has 2 aliphatic rings. The molecule has 0 aromatic rings. The van der Waals surface area contributed by atoms with Crippen LogP contribution in [0, 0.1) is 17.8 Å². The summed E-state index contributed by atoms with van der Waals surface area (Å²) in [6, 6.07) is 0.329. The zero-order chi connectivity index (χ0) is 17.7. The third kappa shape index (κ3) is 4.31. The van der Waals surface area contributed by atoms with Gasteiger partial charge < -0.3 is 22.5 Å². The van der Waals surface area contributed by atoms with Crippen LogP contribution in [0.3, 0.4) is 0 Å². The summed E-state index contributed by atoms with van der Waals surface area (Å²) in [6.07, 6.45) is 12.2. The van der Waals surface area contributed by atoms with E-state index >= 15 is 0 Å². The average Bonchev–Trinajstić information content (AvgIpc) is 2.58. The van der Waals surface area contributed by atoms with Crippen molar-refractivity contribution in [2.24, 2.45) is 35.0 Å². The van der Waals surface area contributed by atoms with Gasteiger partial charge in [-0.2, -0.15) is 0 Å². The monoisotopic (exact) mass is 330 g/mol. The molecule has 0 radical (unpaired) electrons. The van der Waals surface area contributed by atoms with E-state index in [9.17, 15) is 0 Å². The smallest absolute Gasteiger partial charge is 0.0378 e. The minimum Gasteiger partial charge on any atom is -0.399 e. The van der Waals surface area contributed by atoms with E-state index in [2.05, 4.69) is 50.4 Å². The highest BCUT2D eigenvalue weighted by Gasteiger charge is 2.29. The molecule has 0 aromatic heterocycles. The van der Waals surface area contributed by atoms with E-state index in [0.29, 0.717) is 36.9 Å². The number of nitrogens with one attached hydrogen (secondary N) is 1. The van der Waals surface area contributed by atoms with E-state index in [0.717, 1.165) is 25.0 Å². The average molecular weight is 331 g/mol. The van der Waals surface area contributed by atoms with Crippen LogP contribution in [-0.4, -0.2) is 19.1 Å². The van der Waals surface area contributed by atoms with E-state index in [1.54, 1.807) is 0 Å². The molecular weight excluding hydrogens is 296 g/mol. The first-order chi connectivity index (χ1) is 11.5. The summed E-state index contributed by atoms with van der Waals surface area (Å²) in [7, 11) is 0. The molecule has 4 unspecified atom stereocenters. The zero-order valence-electron chi connectivity index (χ0n) is 15.4. The SMILES string of the molecule is CCC(CN)NC1=CC(C2C=C(C)C(N)=CC2)C/C(=C/CN)C1C. The molecule has 0 saturated heterocycles. The molecule has 0 saturated carbocycles. The fourth-order valence-electron chi connectivity index (χ4n) is 3.71. The maximum atomic E-state index is 6.02. The van der Waals surface area contributed by atoms with Gasteiger partial charge in [-0.3, -0.25) is 0 Å². The minimum absolute atomic E-state index is 0.329. The van der Waals surface area contributed by atoms with Crippen LogP contribution in [0.15, 0.2) is 46.8 Å². The molecule has 7 N–H and O–H groups in total. The van der Waals surface area contributed by atoms with Crippen LogP contribution in [-0.2, 0) is 0 Å². The Labute approximate surface area is 146 Å². The van der Waals surface area contributed by atoms with Crippen LogP contribution < -0.4 is 22.5 Å². The molecule has 2 aliphatic carbocycles. The highest BCUT2D eigenvalue weighted by atomic mass is 15.0. The molecule has 4 nitrogen and oxygen atoms in total. The van der Waals surface area contributed by atoms with Crippen molar-refractivity contribution in [1.29, 1.82) is 0 Å². The Kier molecular flexibility index (Phi) is 6.69. The van der Waals surface area contributed by atoms with Crippen LogP contribution in [0.1, 0.15) is 40.0 Å². The second-order valence-corrected chi connectivity index (χ2v) is 7.12. The van der Waals surface area contributed by atoms with E-state index in [-0.39, 0.29) is 0 Å². The molecule has 134 valence electrons. The van der Waals surface area contributed by atoms with Gasteiger partial charge >= 0.3 is 0 Å². The summed E-state index contributed by atoms with van der Waals surface area (Å²) in [5, 5.41) is 3.68.